The Kier molecular flexibility index (Phi) is 3.42. The number of nitrogens with one attached hydrogen (secondary N) is 1. The number of pyridine rings is 1. The number of hydrogen-bond acceptors (Lipinski definition) is 2. The second-order valence-electron chi connectivity index (χ2n) is 4.74. The van der Waals surface area contributed by atoms with Crippen molar-refractivity contribution in [2.24, 2.45) is 5.41 Å². The van der Waals surface area contributed by atoms with Gasteiger partial charge in [-0.15, -0.1) is 0 Å². The molecule has 0 bridgehead atoms. The second-order valence-corrected chi connectivity index (χ2v) is 5.65. The molecule has 1 aromatic rings. The largest absolute Gasteiger partial charge is 0.311 e. The van der Waals surface area contributed by atoms with Crippen LogP contribution in [0.2, 0.25) is 0 Å². The van der Waals surface area contributed by atoms with Gasteiger partial charge in [-0.3, -0.25) is 4.98 Å². The zero-order chi connectivity index (χ0) is 10.7. The van der Waals surface area contributed by atoms with Crippen LogP contribution in [0.3, 0.4) is 0 Å². The Morgan fingerprint density at radius 3 is 2.80 bits per heavy atom. The van der Waals surface area contributed by atoms with Gasteiger partial charge in [-0.1, -0.05) is 13.3 Å². The van der Waals surface area contributed by atoms with Crippen molar-refractivity contribution in [1.82, 2.24) is 10.3 Å². The van der Waals surface area contributed by atoms with Gasteiger partial charge in [0.15, 0.2) is 0 Å². The van der Waals surface area contributed by atoms with Gasteiger partial charge in [0, 0.05) is 23.8 Å². The van der Waals surface area contributed by atoms with E-state index in [-0.39, 0.29) is 0 Å². The maximum atomic E-state index is 4.33. The van der Waals surface area contributed by atoms with Gasteiger partial charge < -0.3 is 5.32 Å². The molecule has 0 unspecified atom stereocenters. The predicted molar refractivity (Wildman–Crippen MR) is 65.6 cm³/mol. The SMILES string of the molecule is CC1(CNCc2ccc(Br)cn2)CCC1. The fourth-order valence-electron chi connectivity index (χ4n) is 1.96. The van der Waals surface area contributed by atoms with Crippen molar-refractivity contribution < 1.29 is 0 Å². The van der Waals surface area contributed by atoms with E-state index in [4.69, 9.17) is 0 Å². The van der Waals surface area contributed by atoms with Crippen LogP contribution in [0.25, 0.3) is 0 Å². The zero-order valence-corrected chi connectivity index (χ0v) is 10.7. The molecule has 0 atom stereocenters. The minimum absolute atomic E-state index is 0.551. The highest BCUT2D eigenvalue weighted by Gasteiger charge is 2.30. The van der Waals surface area contributed by atoms with Crippen LogP contribution >= 0.6 is 15.9 Å². The number of hydrogen-bond donors (Lipinski definition) is 1. The highest BCUT2D eigenvalue weighted by molar-refractivity contribution is 9.10. The lowest BCUT2D eigenvalue weighted by atomic mass is 9.70. The van der Waals surface area contributed by atoms with Gasteiger partial charge in [0.2, 0.25) is 0 Å². The highest BCUT2D eigenvalue weighted by atomic mass is 79.9. The Labute approximate surface area is 99.6 Å². The molecule has 2 rings (SSSR count). The monoisotopic (exact) mass is 268 g/mol. The molecule has 0 aromatic carbocycles. The number of aromatic nitrogens is 1. The van der Waals surface area contributed by atoms with Crippen LogP contribution in [0.15, 0.2) is 22.8 Å². The lowest BCUT2D eigenvalue weighted by Gasteiger charge is -2.38. The minimum Gasteiger partial charge on any atom is -0.311 e. The number of rotatable bonds is 4. The molecule has 1 N–H and O–H groups in total. The maximum absolute atomic E-state index is 4.33. The van der Waals surface area contributed by atoms with Crippen molar-refractivity contribution in [2.75, 3.05) is 6.54 Å². The van der Waals surface area contributed by atoms with Crippen LogP contribution in [-0.2, 0) is 6.54 Å². The van der Waals surface area contributed by atoms with Gasteiger partial charge >= 0.3 is 0 Å². The Morgan fingerprint density at radius 1 is 1.47 bits per heavy atom. The third-order valence-corrected chi connectivity index (χ3v) is 3.68. The van der Waals surface area contributed by atoms with Crippen LogP contribution in [0.4, 0.5) is 0 Å². The van der Waals surface area contributed by atoms with Crippen molar-refractivity contribution in [3.63, 3.8) is 0 Å². The molecule has 1 heterocycles. The van der Waals surface area contributed by atoms with Crippen molar-refractivity contribution in [3.8, 4) is 0 Å². The third kappa shape index (κ3) is 3.02. The first-order valence-electron chi connectivity index (χ1n) is 5.49. The Morgan fingerprint density at radius 2 is 2.27 bits per heavy atom. The zero-order valence-electron chi connectivity index (χ0n) is 9.09. The summed E-state index contributed by atoms with van der Waals surface area (Å²) in [4.78, 5) is 4.33. The highest BCUT2D eigenvalue weighted by Crippen LogP contribution is 2.39. The van der Waals surface area contributed by atoms with E-state index in [9.17, 15) is 0 Å². The molecule has 1 aromatic heterocycles. The first-order valence-corrected chi connectivity index (χ1v) is 6.28. The summed E-state index contributed by atoms with van der Waals surface area (Å²) in [5.74, 6) is 0. The van der Waals surface area contributed by atoms with Gasteiger partial charge in [0.05, 0.1) is 5.69 Å². The van der Waals surface area contributed by atoms with Crippen LogP contribution in [-0.4, -0.2) is 11.5 Å². The summed E-state index contributed by atoms with van der Waals surface area (Å²) in [5.41, 5.74) is 1.66. The molecule has 82 valence electrons. The quantitative estimate of drug-likeness (QED) is 0.908. The van der Waals surface area contributed by atoms with Crippen LogP contribution in [0.1, 0.15) is 31.9 Å². The molecule has 0 aliphatic heterocycles. The van der Waals surface area contributed by atoms with E-state index in [1.54, 1.807) is 0 Å². The number of halogens is 1. The summed E-state index contributed by atoms with van der Waals surface area (Å²) in [6, 6.07) is 4.09. The van der Waals surface area contributed by atoms with Crippen molar-refractivity contribution in [1.29, 1.82) is 0 Å². The smallest absolute Gasteiger partial charge is 0.0542 e. The normalized spacial score (nSPS) is 18.5. The van der Waals surface area contributed by atoms with Gasteiger partial charge in [-0.2, -0.15) is 0 Å². The van der Waals surface area contributed by atoms with Crippen molar-refractivity contribution in [3.05, 3.63) is 28.5 Å². The summed E-state index contributed by atoms with van der Waals surface area (Å²) in [7, 11) is 0. The molecule has 2 nitrogen and oxygen atoms in total. The lowest BCUT2D eigenvalue weighted by molar-refractivity contribution is 0.156. The average molecular weight is 269 g/mol. The summed E-state index contributed by atoms with van der Waals surface area (Å²) in [5, 5.41) is 3.49. The van der Waals surface area contributed by atoms with Crippen LogP contribution in [0.5, 0.6) is 0 Å². The van der Waals surface area contributed by atoms with Crippen LogP contribution in [0, 0.1) is 5.41 Å². The van der Waals surface area contributed by atoms with E-state index in [2.05, 4.69) is 39.2 Å². The Hall–Kier alpha value is -0.410. The minimum atomic E-state index is 0.551. The van der Waals surface area contributed by atoms with E-state index in [0.717, 1.165) is 23.3 Å². The molecule has 1 aliphatic carbocycles. The molecule has 0 radical (unpaired) electrons. The molecule has 1 aliphatic rings. The first kappa shape index (κ1) is 11.1. The molecule has 0 saturated heterocycles. The standard InChI is InChI=1S/C12H17BrN2/c1-12(5-2-6-12)9-14-8-11-4-3-10(13)7-15-11/h3-4,7,14H,2,5-6,8-9H2,1H3. The predicted octanol–water partition coefficient (Wildman–Crippen LogP) is 3.12. The number of nitrogens with zero attached hydrogens (tertiary/aromatic N) is 1. The summed E-state index contributed by atoms with van der Waals surface area (Å²) in [6.45, 7) is 4.35. The lowest BCUT2D eigenvalue weighted by Crippen LogP contribution is -2.37. The summed E-state index contributed by atoms with van der Waals surface area (Å²) in [6.07, 6.45) is 5.98. The van der Waals surface area contributed by atoms with Crippen molar-refractivity contribution >= 4 is 15.9 Å². The van der Waals surface area contributed by atoms with Crippen molar-refractivity contribution in [2.45, 2.75) is 32.7 Å². The Bertz CT molecular complexity index is 317. The second kappa shape index (κ2) is 4.62. The topological polar surface area (TPSA) is 24.9 Å². The molecule has 1 fully saturated rings. The molecule has 15 heavy (non-hydrogen) atoms. The fourth-order valence-corrected chi connectivity index (χ4v) is 2.20. The molecular formula is C12H17BrN2. The van der Waals surface area contributed by atoms with Gasteiger partial charge in [-0.05, 0) is 46.3 Å². The van der Waals surface area contributed by atoms with Crippen LogP contribution < -0.4 is 5.32 Å². The summed E-state index contributed by atoms with van der Waals surface area (Å²) >= 11 is 3.38. The van der Waals surface area contributed by atoms with E-state index in [1.807, 2.05) is 12.3 Å². The molecular weight excluding hydrogens is 252 g/mol. The molecule has 0 amide bonds. The Balaban J connectivity index is 1.76. The van der Waals surface area contributed by atoms with E-state index in [1.165, 1.54) is 19.3 Å². The van der Waals surface area contributed by atoms with Gasteiger partial charge in [0.1, 0.15) is 0 Å². The van der Waals surface area contributed by atoms with E-state index >= 15 is 0 Å². The average Bonchev–Trinajstić information content (AvgIpc) is 2.19. The molecule has 0 spiro atoms. The first-order chi connectivity index (χ1) is 7.18. The van der Waals surface area contributed by atoms with Gasteiger partial charge in [-0.25, -0.2) is 0 Å². The van der Waals surface area contributed by atoms with E-state index in [0.29, 0.717) is 5.41 Å². The maximum Gasteiger partial charge on any atom is 0.0542 e. The fraction of sp³-hybridized carbons (Fsp3) is 0.583. The third-order valence-electron chi connectivity index (χ3n) is 3.21. The molecule has 1 saturated carbocycles. The van der Waals surface area contributed by atoms with Gasteiger partial charge in [0.25, 0.3) is 0 Å². The summed E-state index contributed by atoms with van der Waals surface area (Å²) < 4.78 is 1.04. The molecule has 3 heteroatoms. The van der Waals surface area contributed by atoms with E-state index < -0.39 is 0 Å².